The summed E-state index contributed by atoms with van der Waals surface area (Å²) in [6.07, 6.45) is 0. The Hall–Kier alpha value is -5.11. The van der Waals surface area contributed by atoms with E-state index in [1.54, 1.807) is 11.8 Å². The molecule has 0 aromatic heterocycles. The smallest absolute Gasteiger partial charge is 0.329 e. The Labute approximate surface area is 233 Å². The van der Waals surface area contributed by atoms with Gasteiger partial charge in [-0.05, 0) is 55.5 Å². The number of para-hydroxylation sites is 4. The predicted molar refractivity (Wildman–Crippen MR) is 155 cm³/mol. The van der Waals surface area contributed by atoms with Crippen LogP contribution in [-0.2, 0) is 4.79 Å². The van der Waals surface area contributed by atoms with E-state index in [0.29, 0.717) is 22.7 Å². The summed E-state index contributed by atoms with van der Waals surface area (Å²) in [5.41, 5.74) is 2.56. The first-order chi connectivity index (χ1) is 19.5. The minimum Gasteiger partial charge on any atom is -0.480 e. The average molecular weight is 535 g/mol. The third-order valence-corrected chi connectivity index (χ3v) is 7.05. The zero-order chi connectivity index (χ0) is 28.1. The van der Waals surface area contributed by atoms with Crippen molar-refractivity contribution in [2.75, 3.05) is 22.9 Å². The standard InChI is InChI=1S/C32H30N4O4/c1-24-29(30(37)38)34(32(40)36(27-18-10-4-11-19-27)28-20-12-5-13-21-28)23-22-33(24)31(39)35(25-14-6-2-7-15-25)26-16-8-3-9-17-26/h2-21,24,29H,22-23H2,1H3,(H,37,38)/t24-,29+/m0/s1. The number of carbonyl (C=O) groups excluding carboxylic acids is 2. The average Bonchev–Trinajstić information content (AvgIpc) is 2.99. The lowest BCUT2D eigenvalue weighted by Gasteiger charge is -2.46. The van der Waals surface area contributed by atoms with Gasteiger partial charge in [0.25, 0.3) is 0 Å². The van der Waals surface area contributed by atoms with Crippen molar-refractivity contribution in [2.24, 2.45) is 0 Å². The van der Waals surface area contributed by atoms with Gasteiger partial charge < -0.3 is 14.9 Å². The highest BCUT2D eigenvalue weighted by molar-refractivity contribution is 6.02. The van der Waals surface area contributed by atoms with Crippen LogP contribution >= 0.6 is 0 Å². The van der Waals surface area contributed by atoms with E-state index in [4.69, 9.17) is 0 Å². The number of hydrogen-bond acceptors (Lipinski definition) is 3. The summed E-state index contributed by atoms with van der Waals surface area (Å²) in [5.74, 6) is -1.18. The summed E-state index contributed by atoms with van der Waals surface area (Å²) in [6, 6.07) is 33.8. The number of piperazine rings is 1. The third-order valence-electron chi connectivity index (χ3n) is 7.05. The molecule has 1 saturated heterocycles. The highest BCUT2D eigenvalue weighted by Gasteiger charge is 2.45. The third kappa shape index (κ3) is 5.24. The van der Waals surface area contributed by atoms with E-state index >= 15 is 0 Å². The number of amides is 4. The molecule has 2 atom stereocenters. The first kappa shape index (κ1) is 26.5. The molecule has 5 rings (SSSR count). The maximum Gasteiger partial charge on any atom is 0.329 e. The lowest BCUT2D eigenvalue weighted by molar-refractivity contribution is -0.145. The summed E-state index contributed by atoms with van der Waals surface area (Å²) in [4.78, 5) is 46.8. The van der Waals surface area contributed by atoms with Gasteiger partial charge in [0.2, 0.25) is 0 Å². The largest absolute Gasteiger partial charge is 0.480 e. The maximum absolute atomic E-state index is 14.1. The van der Waals surface area contributed by atoms with Crippen LogP contribution in [0.15, 0.2) is 121 Å². The maximum atomic E-state index is 14.1. The molecule has 4 aromatic rings. The number of carbonyl (C=O) groups is 3. The first-order valence-corrected chi connectivity index (χ1v) is 13.1. The summed E-state index contributed by atoms with van der Waals surface area (Å²) < 4.78 is 0. The van der Waals surface area contributed by atoms with E-state index in [0.717, 1.165) is 0 Å². The number of carboxylic acid groups (broad SMARTS) is 1. The van der Waals surface area contributed by atoms with E-state index in [-0.39, 0.29) is 19.1 Å². The molecule has 0 saturated carbocycles. The molecule has 4 aromatic carbocycles. The summed E-state index contributed by atoms with van der Waals surface area (Å²) in [7, 11) is 0. The van der Waals surface area contributed by atoms with Gasteiger partial charge in [0.1, 0.15) is 0 Å². The SMILES string of the molecule is C[C@H]1[C@H](C(=O)O)N(C(=O)N(c2ccccc2)c2ccccc2)CCN1C(=O)N(c1ccccc1)c1ccccc1. The number of carboxylic acids is 1. The Bertz CT molecular complexity index is 1370. The summed E-state index contributed by atoms with van der Waals surface area (Å²) >= 11 is 0. The fraction of sp³-hybridized carbons (Fsp3) is 0.156. The zero-order valence-electron chi connectivity index (χ0n) is 22.1. The molecule has 40 heavy (non-hydrogen) atoms. The molecule has 1 fully saturated rings. The van der Waals surface area contributed by atoms with Gasteiger partial charge in [-0.2, -0.15) is 0 Å². The van der Waals surface area contributed by atoms with E-state index in [1.807, 2.05) is 121 Å². The molecule has 1 heterocycles. The van der Waals surface area contributed by atoms with Gasteiger partial charge in [-0.3, -0.25) is 9.80 Å². The lowest BCUT2D eigenvalue weighted by Crippen LogP contribution is -2.66. The Morgan fingerprint density at radius 3 is 1.20 bits per heavy atom. The van der Waals surface area contributed by atoms with Crippen molar-refractivity contribution >= 4 is 40.8 Å². The van der Waals surface area contributed by atoms with Crippen molar-refractivity contribution in [3.63, 3.8) is 0 Å². The van der Waals surface area contributed by atoms with Crippen LogP contribution in [0.5, 0.6) is 0 Å². The number of hydrogen-bond donors (Lipinski definition) is 1. The molecule has 202 valence electrons. The molecule has 8 nitrogen and oxygen atoms in total. The van der Waals surface area contributed by atoms with Crippen molar-refractivity contribution in [2.45, 2.75) is 19.0 Å². The van der Waals surface area contributed by atoms with Gasteiger partial charge in [-0.15, -0.1) is 0 Å². The second-order valence-corrected chi connectivity index (χ2v) is 9.49. The molecular weight excluding hydrogens is 504 g/mol. The van der Waals surface area contributed by atoms with Gasteiger partial charge in [-0.1, -0.05) is 72.8 Å². The fourth-order valence-electron chi connectivity index (χ4n) is 5.12. The quantitative estimate of drug-likeness (QED) is 0.323. The highest BCUT2D eigenvalue weighted by atomic mass is 16.4. The van der Waals surface area contributed by atoms with Crippen LogP contribution in [-0.4, -0.2) is 58.1 Å². The number of nitrogens with zero attached hydrogens (tertiary/aromatic N) is 4. The highest BCUT2D eigenvalue weighted by Crippen LogP contribution is 2.32. The molecule has 0 radical (unpaired) electrons. The van der Waals surface area contributed by atoms with Crippen LogP contribution in [0, 0.1) is 0 Å². The van der Waals surface area contributed by atoms with Crippen LogP contribution in [0.3, 0.4) is 0 Å². The molecule has 8 heteroatoms. The van der Waals surface area contributed by atoms with Gasteiger partial charge in [0, 0.05) is 13.1 Å². The zero-order valence-corrected chi connectivity index (χ0v) is 22.1. The number of rotatable bonds is 5. The summed E-state index contributed by atoms with van der Waals surface area (Å²) in [5, 5.41) is 10.4. The normalized spacial score (nSPS) is 16.7. The van der Waals surface area contributed by atoms with Crippen LogP contribution in [0.4, 0.5) is 32.3 Å². The Morgan fingerprint density at radius 2 is 0.875 bits per heavy atom. The molecule has 1 aliphatic heterocycles. The Balaban J connectivity index is 1.48. The minimum atomic E-state index is -1.26. The van der Waals surface area contributed by atoms with Crippen molar-refractivity contribution < 1.29 is 19.5 Å². The number of aliphatic carboxylic acids is 1. The minimum absolute atomic E-state index is 0.0550. The fourth-order valence-corrected chi connectivity index (χ4v) is 5.12. The van der Waals surface area contributed by atoms with Gasteiger partial charge in [-0.25, -0.2) is 14.4 Å². The number of anilines is 4. The summed E-state index contributed by atoms with van der Waals surface area (Å²) in [6.45, 7) is 1.91. The molecule has 0 unspecified atom stereocenters. The van der Waals surface area contributed by atoms with Crippen molar-refractivity contribution in [3.8, 4) is 0 Å². The molecule has 0 aliphatic carbocycles. The molecule has 4 amide bonds. The monoisotopic (exact) mass is 534 g/mol. The van der Waals surface area contributed by atoms with E-state index in [9.17, 15) is 19.5 Å². The van der Waals surface area contributed by atoms with Gasteiger partial charge in [0.05, 0.1) is 28.8 Å². The van der Waals surface area contributed by atoms with E-state index in [1.165, 1.54) is 14.7 Å². The topological polar surface area (TPSA) is 84.4 Å². The van der Waals surface area contributed by atoms with Gasteiger partial charge in [0.15, 0.2) is 6.04 Å². The molecule has 0 bridgehead atoms. The van der Waals surface area contributed by atoms with Crippen LogP contribution in [0.25, 0.3) is 0 Å². The predicted octanol–water partition coefficient (Wildman–Crippen LogP) is 6.36. The first-order valence-electron chi connectivity index (χ1n) is 13.1. The van der Waals surface area contributed by atoms with Crippen LogP contribution in [0.2, 0.25) is 0 Å². The lowest BCUT2D eigenvalue weighted by atomic mass is 10.0. The van der Waals surface area contributed by atoms with E-state index < -0.39 is 24.1 Å². The van der Waals surface area contributed by atoms with Crippen LogP contribution < -0.4 is 9.80 Å². The second kappa shape index (κ2) is 11.7. The Kier molecular flexibility index (Phi) is 7.77. The molecule has 1 N–H and O–H groups in total. The molecule has 1 aliphatic rings. The number of urea groups is 2. The molecule has 0 spiro atoms. The van der Waals surface area contributed by atoms with Crippen molar-refractivity contribution in [1.82, 2.24) is 9.80 Å². The van der Waals surface area contributed by atoms with Gasteiger partial charge >= 0.3 is 18.0 Å². The number of benzene rings is 4. The van der Waals surface area contributed by atoms with Crippen molar-refractivity contribution in [1.29, 1.82) is 0 Å². The van der Waals surface area contributed by atoms with E-state index in [2.05, 4.69) is 0 Å². The Morgan fingerprint density at radius 1 is 0.575 bits per heavy atom. The van der Waals surface area contributed by atoms with Crippen LogP contribution in [0.1, 0.15) is 6.92 Å². The second-order valence-electron chi connectivity index (χ2n) is 9.49. The van der Waals surface area contributed by atoms with Crippen molar-refractivity contribution in [3.05, 3.63) is 121 Å². The molecular formula is C32H30N4O4.